The third-order valence-electron chi connectivity index (χ3n) is 5.63. The van der Waals surface area contributed by atoms with Crippen LogP contribution in [0.1, 0.15) is 35.7 Å². The van der Waals surface area contributed by atoms with Gasteiger partial charge in [0.15, 0.2) is 0 Å². The van der Waals surface area contributed by atoms with Gasteiger partial charge in [-0.1, -0.05) is 24.3 Å². The second-order valence-corrected chi connectivity index (χ2v) is 7.52. The van der Waals surface area contributed by atoms with Gasteiger partial charge in [-0.3, -0.25) is 4.79 Å². The first-order chi connectivity index (χ1) is 13.5. The van der Waals surface area contributed by atoms with Crippen LogP contribution >= 0.6 is 0 Å². The Labute approximate surface area is 163 Å². The monoisotopic (exact) mass is 379 g/mol. The zero-order chi connectivity index (χ0) is 19.7. The Morgan fingerprint density at radius 3 is 2.79 bits per heavy atom. The summed E-state index contributed by atoms with van der Waals surface area (Å²) >= 11 is 0. The normalized spacial score (nSPS) is 19.8. The lowest BCUT2D eigenvalue weighted by molar-refractivity contribution is -0.122. The number of aryl methyl sites for hydroxylation is 1. The molecule has 1 atom stereocenters. The smallest absolute Gasteiger partial charge is 0.225 e. The molecule has 1 aromatic carbocycles. The molecular weight excluding hydrogens is 354 g/mol. The summed E-state index contributed by atoms with van der Waals surface area (Å²) in [7, 11) is 1.58. The number of aliphatic hydroxyl groups excluding tert-OH is 1. The maximum Gasteiger partial charge on any atom is 0.225 e. The lowest BCUT2D eigenvalue weighted by Crippen LogP contribution is -2.42. The summed E-state index contributed by atoms with van der Waals surface area (Å²) in [6.45, 7) is 2.00. The molecule has 146 valence electrons. The highest BCUT2D eigenvalue weighted by Crippen LogP contribution is 2.38. The molecule has 0 aliphatic heterocycles. The van der Waals surface area contributed by atoms with E-state index in [2.05, 4.69) is 15.3 Å². The predicted molar refractivity (Wildman–Crippen MR) is 107 cm³/mol. The van der Waals surface area contributed by atoms with E-state index in [1.807, 2.05) is 37.3 Å². The SMILES string of the molecule is COc1ccc([C@@H](NC(=O)Cc2c(C)[nH]c3ccccc23)C2CC(O)C2)cn1. The van der Waals surface area contributed by atoms with Crippen molar-refractivity contribution in [2.24, 2.45) is 5.92 Å². The van der Waals surface area contributed by atoms with Crippen LogP contribution in [-0.4, -0.2) is 34.2 Å². The largest absolute Gasteiger partial charge is 0.481 e. The van der Waals surface area contributed by atoms with Crippen LogP contribution in [-0.2, 0) is 11.2 Å². The molecule has 0 spiro atoms. The number of ether oxygens (including phenoxy) is 1. The van der Waals surface area contributed by atoms with Gasteiger partial charge in [0, 0.05) is 28.9 Å². The van der Waals surface area contributed by atoms with E-state index in [9.17, 15) is 9.90 Å². The van der Waals surface area contributed by atoms with Gasteiger partial charge in [0.1, 0.15) is 0 Å². The molecule has 3 aromatic rings. The number of pyridine rings is 1. The van der Waals surface area contributed by atoms with Crippen molar-refractivity contribution < 1.29 is 14.6 Å². The number of fused-ring (bicyclic) bond motifs is 1. The maximum atomic E-state index is 12.9. The van der Waals surface area contributed by atoms with E-state index in [4.69, 9.17) is 4.74 Å². The highest BCUT2D eigenvalue weighted by atomic mass is 16.5. The van der Waals surface area contributed by atoms with Crippen LogP contribution in [0, 0.1) is 12.8 Å². The fourth-order valence-corrected chi connectivity index (χ4v) is 4.02. The van der Waals surface area contributed by atoms with Gasteiger partial charge in [0.2, 0.25) is 11.8 Å². The number of methoxy groups -OCH3 is 1. The lowest BCUT2D eigenvalue weighted by atomic mass is 9.75. The molecule has 1 saturated carbocycles. The molecule has 2 aromatic heterocycles. The van der Waals surface area contributed by atoms with Gasteiger partial charge in [0.25, 0.3) is 0 Å². The first-order valence-corrected chi connectivity index (χ1v) is 9.58. The molecule has 28 heavy (non-hydrogen) atoms. The molecule has 0 bridgehead atoms. The van der Waals surface area contributed by atoms with E-state index in [-0.39, 0.29) is 24.0 Å². The van der Waals surface area contributed by atoms with Crippen molar-refractivity contribution in [3.63, 3.8) is 0 Å². The third-order valence-corrected chi connectivity index (χ3v) is 5.63. The summed E-state index contributed by atoms with van der Waals surface area (Å²) in [5.74, 6) is 0.713. The summed E-state index contributed by atoms with van der Waals surface area (Å²) in [4.78, 5) is 20.5. The minimum absolute atomic E-state index is 0.0324. The van der Waals surface area contributed by atoms with Crippen LogP contribution in [0.3, 0.4) is 0 Å². The van der Waals surface area contributed by atoms with Crippen molar-refractivity contribution in [1.29, 1.82) is 0 Å². The molecular formula is C22H25N3O3. The van der Waals surface area contributed by atoms with Gasteiger partial charge < -0.3 is 20.1 Å². The van der Waals surface area contributed by atoms with Crippen LogP contribution < -0.4 is 10.1 Å². The molecule has 1 aliphatic rings. The number of rotatable bonds is 6. The number of para-hydroxylation sites is 1. The number of nitrogens with zero attached hydrogens (tertiary/aromatic N) is 1. The molecule has 0 radical (unpaired) electrons. The summed E-state index contributed by atoms with van der Waals surface area (Å²) in [6.07, 6.45) is 3.13. The van der Waals surface area contributed by atoms with Crippen molar-refractivity contribution in [1.82, 2.24) is 15.3 Å². The van der Waals surface area contributed by atoms with Crippen LogP contribution in [0.25, 0.3) is 10.9 Å². The Morgan fingerprint density at radius 1 is 1.32 bits per heavy atom. The van der Waals surface area contributed by atoms with Gasteiger partial charge in [-0.05, 0) is 42.9 Å². The van der Waals surface area contributed by atoms with E-state index in [0.717, 1.165) is 27.7 Å². The first kappa shape index (κ1) is 18.5. The minimum Gasteiger partial charge on any atom is -0.481 e. The van der Waals surface area contributed by atoms with Crippen molar-refractivity contribution in [2.75, 3.05) is 7.11 Å². The Morgan fingerprint density at radius 2 is 2.11 bits per heavy atom. The molecule has 6 heteroatoms. The fraction of sp³-hybridized carbons (Fsp3) is 0.364. The van der Waals surface area contributed by atoms with E-state index < -0.39 is 0 Å². The van der Waals surface area contributed by atoms with E-state index >= 15 is 0 Å². The number of aliphatic hydroxyl groups is 1. The van der Waals surface area contributed by atoms with Crippen LogP contribution in [0.4, 0.5) is 0 Å². The molecule has 2 heterocycles. The zero-order valence-electron chi connectivity index (χ0n) is 16.1. The second kappa shape index (κ2) is 7.64. The Bertz CT molecular complexity index is 974. The van der Waals surface area contributed by atoms with Gasteiger partial charge in [-0.25, -0.2) is 4.98 Å². The maximum absolute atomic E-state index is 12.9. The van der Waals surface area contributed by atoms with Crippen LogP contribution in [0.5, 0.6) is 5.88 Å². The Hall–Kier alpha value is -2.86. The van der Waals surface area contributed by atoms with E-state index in [0.29, 0.717) is 25.1 Å². The molecule has 1 aliphatic carbocycles. The molecule has 1 fully saturated rings. The van der Waals surface area contributed by atoms with Crippen LogP contribution in [0.2, 0.25) is 0 Å². The number of nitrogens with one attached hydrogen (secondary N) is 2. The number of aromatic amines is 1. The summed E-state index contributed by atoms with van der Waals surface area (Å²) < 4.78 is 5.13. The van der Waals surface area contributed by atoms with Gasteiger partial charge >= 0.3 is 0 Å². The van der Waals surface area contributed by atoms with Gasteiger partial charge in [-0.2, -0.15) is 0 Å². The Kier molecular flexibility index (Phi) is 5.05. The van der Waals surface area contributed by atoms with Gasteiger partial charge in [0.05, 0.1) is 25.7 Å². The first-order valence-electron chi connectivity index (χ1n) is 9.58. The molecule has 1 amide bonds. The summed E-state index contributed by atoms with van der Waals surface area (Å²) in [5.41, 5.74) is 4.01. The number of benzene rings is 1. The number of amides is 1. The van der Waals surface area contributed by atoms with E-state index in [1.165, 1.54) is 0 Å². The molecule has 3 N–H and O–H groups in total. The predicted octanol–water partition coefficient (Wildman–Crippen LogP) is 3.05. The molecule has 6 nitrogen and oxygen atoms in total. The van der Waals surface area contributed by atoms with Crippen molar-refractivity contribution in [2.45, 2.75) is 38.3 Å². The molecule has 4 rings (SSSR count). The minimum atomic E-state index is -0.286. The number of carbonyl (C=O) groups excluding carboxylic acids is 1. The van der Waals surface area contributed by atoms with Gasteiger partial charge in [-0.15, -0.1) is 0 Å². The number of H-pyrrole nitrogens is 1. The number of hydrogen-bond acceptors (Lipinski definition) is 4. The summed E-state index contributed by atoms with van der Waals surface area (Å²) in [6, 6.07) is 11.6. The Balaban J connectivity index is 1.54. The van der Waals surface area contributed by atoms with Crippen molar-refractivity contribution >= 4 is 16.8 Å². The fourth-order valence-electron chi connectivity index (χ4n) is 4.02. The standard InChI is InChI=1S/C22H25N3O3/c1-13-18(17-5-3-4-6-19(17)24-13)11-20(27)25-22(15-9-16(26)10-15)14-7-8-21(28-2)23-12-14/h3-8,12,15-16,22,24,26H,9-11H2,1-2H3,(H,25,27)/t15?,16?,22-/m1/s1. The van der Waals surface area contributed by atoms with Crippen molar-refractivity contribution in [3.05, 3.63) is 59.4 Å². The average Bonchev–Trinajstić information content (AvgIpc) is 2.99. The van der Waals surface area contributed by atoms with Crippen molar-refractivity contribution in [3.8, 4) is 5.88 Å². The highest BCUT2D eigenvalue weighted by Gasteiger charge is 2.36. The van der Waals surface area contributed by atoms with Crippen LogP contribution in [0.15, 0.2) is 42.6 Å². The highest BCUT2D eigenvalue weighted by molar-refractivity contribution is 5.90. The number of hydrogen-bond donors (Lipinski definition) is 3. The number of carbonyl (C=O) groups is 1. The topological polar surface area (TPSA) is 87.2 Å². The zero-order valence-corrected chi connectivity index (χ0v) is 16.1. The number of aromatic nitrogens is 2. The quantitative estimate of drug-likeness (QED) is 0.614. The third kappa shape index (κ3) is 3.60. The molecule has 0 unspecified atom stereocenters. The summed E-state index contributed by atoms with van der Waals surface area (Å²) in [5, 5.41) is 14.0. The van der Waals surface area contributed by atoms with E-state index in [1.54, 1.807) is 19.4 Å². The molecule has 0 saturated heterocycles. The lowest BCUT2D eigenvalue weighted by Gasteiger charge is -2.38. The average molecular weight is 379 g/mol. The second-order valence-electron chi connectivity index (χ2n) is 7.52.